The monoisotopic (exact) mass is 237 g/mol. The molecule has 7 heteroatoms. The molecule has 2 N–H and O–H groups in total. The number of terminal acetylenes is 1. The summed E-state index contributed by atoms with van der Waals surface area (Å²) in [5.74, 6) is 1.26. The van der Waals surface area contributed by atoms with Crippen LogP contribution in [0.4, 0.5) is 5.82 Å². The number of carboxylic acid groups (broad SMARTS) is 1. The number of H-pyrrole nitrogens is 1. The van der Waals surface area contributed by atoms with E-state index in [1.165, 1.54) is 12.0 Å². The minimum absolute atomic E-state index is 0.0130. The fourth-order valence-corrected chi connectivity index (χ4v) is 1.27. The molecule has 0 saturated carbocycles. The zero-order valence-corrected chi connectivity index (χ0v) is 9.14. The summed E-state index contributed by atoms with van der Waals surface area (Å²) in [5.41, 5.74) is -0.495. The number of aliphatic carboxylic acids is 1. The zero-order chi connectivity index (χ0) is 12.8. The van der Waals surface area contributed by atoms with Crippen LogP contribution in [0.3, 0.4) is 0 Å². The Balaban J connectivity index is 3.18. The molecule has 1 aromatic rings. The summed E-state index contributed by atoms with van der Waals surface area (Å²) in [6, 6.07) is 0. The summed E-state index contributed by atoms with van der Waals surface area (Å²) >= 11 is 0. The number of anilines is 1. The van der Waals surface area contributed by atoms with Crippen LogP contribution >= 0.6 is 0 Å². The number of nitrogens with zero attached hydrogens (tertiary/aromatic N) is 2. The van der Waals surface area contributed by atoms with Crippen molar-refractivity contribution in [3.8, 4) is 18.1 Å². The van der Waals surface area contributed by atoms with E-state index in [1.54, 1.807) is 0 Å². The highest BCUT2D eigenvalue weighted by molar-refractivity contribution is 5.74. The van der Waals surface area contributed by atoms with Crippen molar-refractivity contribution in [3.05, 3.63) is 16.7 Å². The number of methoxy groups -OCH3 is 1. The van der Waals surface area contributed by atoms with E-state index in [-0.39, 0.29) is 24.7 Å². The first-order chi connectivity index (χ1) is 8.10. The van der Waals surface area contributed by atoms with E-state index in [0.717, 1.165) is 6.33 Å². The van der Waals surface area contributed by atoms with Gasteiger partial charge in [-0.05, 0) is 0 Å². The van der Waals surface area contributed by atoms with E-state index in [2.05, 4.69) is 15.9 Å². The van der Waals surface area contributed by atoms with Crippen molar-refractivity contribution in [2.45, 2.75) is 0 Å². The molecule has 1 heterocycles. The molecular formula is C10H11N3O4. The van der Waals surface area contributed by atoms with E-state index in [4.69, 9.17) is 16.3 Å². The highest BCUT2D eigenvalue weighted by atomic mass is 16.5. The summed E-state index contributed by atoms with van der Waals surface area (Å²) in [7, 11) is 1.30. The van der Waals surface area contributed by atoms with Gasteiger partial charge < -0.3 is 19.7 Å². The van der Waals surface area contributed by atoms with Crippen LogP contribution in [-0.4, -0.2) is 41.2 Å². The van der Waals surface area contributed by atoms with Gasteiger partial charge in [0.25, 0.3) is 5.56 Å². The van der Waals surface area contributed by atoms with E-state index in [9.17, 15) is 9.59 Å². The van der Waals surface area contributed by atoms with Crippen LogP contribution in [0.2, 0.25) is 0 Å². The van der Waals surface area contributed by atoms with Crippen LogP contribution in [0.15, 0.2) is 11.1 Å². The van der Waals surface area contributed by atoms with Gasteiger partial charge in [0, 0.05) is 0 Å². The van der Waals surface area contributed by atoms with Gasteiger partial charge in [-0.1, -0.05) is 5.92 Å². The molecule has 0 aliphatic heterocycles. The van der Waals surface area contributed by atoms with E-state index in [0.29, 0.717) is 0 Å². The van der Waals surface area contributed by atoms with Gasteiger partial charge in [0.2, 0.25) is 5.75 Å². The number of nitrogens with one attached hydrogen (secondary N) is 1. The van der Waals surface area contributed by atoms with Crippen molar-refractivity contribution in [2.24, 2.45) is 0 Å². The van der Waals surface area contributed by atoms with Crippen molar-refractivity contribution in [1.29, 1.82) is 0 Å². The molecule has 1 aromatic heterocycles. The number of hydrogen-bond donors (Lipinski definition) is 2. The molecule has 0 aliphatic carbocycles. The Bertz CT molecular complexity index is 503. The Hall–Kier alpha value is -2.49. The van der Waals surface area contributed by atoms with Crippen LogP contribution in [0.25, 0.3) is 0 Å². The fourth-order valence-electron chi connectivity index (χ4n) is 1.27. The molecule has 0 amide bonds. The molecule has 1 rings (SSSR count). The molecule has 0 saturated heterocycles. The molecule has 0 atom stereocenters. The van der Waals surface area contributed by atoms with Crippen LogP contribution in [0, 0.1) is 12.3 Å². The lowest BCUT2D eigenvalue weighted by Gasteiger charge is -2.20. The maximum Gasteiger partial charge on any atom is 0.323 e. The van der Waals surface area contributed by atoms with Crippen LogP contribution in [0.5, 0.6) is 5.75 Å². The topological polar surface area (TPSA) is 95.5 Å². The predicted octanol–water partition coefficient (Wildman–Crippen LogP) is -0.697. The maximum absolute atomic E-state index is 11.4. The number of carboxylic acids is 1. The lowest BCUT2D eigenvalue weighted by molar-refractivity contribution is -0.135. The van der Waals surface area contributed by atoms with Crippen molar-refractivity contribution >= 4 is 11.8 Å². The van der Waals surface area contributed by atoms with Crippen molar-refractivity contribution in [3.63, 3.8) is 0 Å². The molecule has 0 aliphatic rings. The van der Waals surface area contributed by atoms with Gasteiger partial charge in [-0.25, -0.2) is 4.98 Å². The van der Waals surface area contributed by atoms with Gasteiger partial charge in [-0.2, -0.15) is 0 Å². The Kier molecular flexibility index (Phi) is 4.11. The molecule has 0 radical (unpaired) electrons. The maximum atomic E-state index is 11.4. The number of ether oxygens (including phenoxy) is 1. The summed E-state index contributed by atoms with van der Waals surface area (Å²) in [6.45, 7) is -0.351. The summed E-state index contributed by atoms with van der Waals surface area (Å²) in [5, 5.41) is 8.74. The number of aromatic amines is 1. The van der Waals surface area contributed by atoms with Crippen molar-refractivity contribution in [1.82, 2.24) is 9.97 Å². The SMILES string of the molecule is C#CCN(CC(=O)O)c1nc[nH]c(=O)c1OC. The minimum Gasteiger partial charge on any atom is -0.489 e. The zero-order valence-electron chi connectivity index (χ0n) is 9.14. The number of rotatable bonds is 5. The lowest BCUT2D eigenvalue weighted by Crippen LogP contribution is -2.32. The third-order valence-electron chi connectivity index (χ3n) is 1.90. The summed E-state index contributed by atoms with van der Waals surface area (Å²) in [4.78, 5) is 29.6. The molecule has 7 nitrogen and oxygen atoms in total. The second-order valence-corrected chi connectivity index (χ2v) is 3.04. The summed E-state index contributed by atoms with van der Waals surface area (Å²) < 4.78 is 4.88. The highest BCUT2D eigenvalue weighted by Crippen LogP contribution is 2.19. The first-order valence-corrected chi connectivity index (χ1v) is 4.62. The normalized spacial score (nSPS) is 9.41. The molecule has 0 fully saturated rings. The second-order valence-electron chi connectivity index (χ2n) is 3.04. The highest BCUT2D eigenvalue weighted by Gasteiger charge is 2.18. The molecular weight excluding hydrogens is 226 g/mol. The minimum atomic E-state index is -1.08. The predicted molar refractivity (Wildman–Crippen MR) is 60.1 cm³/mol. The van der Waals surface area contributed by atoms with E-state index in [1.807, 2.05) is 0 Å². The van der Waals surface area contributed by atoms with Gasteiger partial charge >= 0.3 is 5.97 Å². The van der Waals surface area contributed by atoms with Gasteiger partial charge in [-0.15, -0.1) is 6.42 Å². The van der Waals surface area contributed by atoms with E-state index < -0.39 is 11.5 Å². The van der Waals surface area contributed by atoms with Crippen molar-refractivity contribution < 1.29 is 14.6 Å². The number of hydrogen-bond acceptors (Lipinski definition) is 5. The van der Waals surface area contributed by atoms with Gasteiger partial charge in [-0.3, -0.25) is 9.59 Å². The standard InChI is InChI=1S/C10H11N3O4/c1-3-4-13(5-7(14)15)9-8(17-2)10(16)12-6-11-9/h1,6H,4-5H2,2H3,(H,14,15)(H,11,12,16). The Morgan fingerprint density at radius 3 is 3.00 bits per heavy atom. The third kappa shape index (κ3) is 2.98. The van der Waals surface area contributed by atoms with Gasteiger partial charge in [0.1, 0.15) is 6.54 Å². The second kappa shape index (κ2) is 5.55. The first kappa shape index (κ1) is 12.6. The molecule has 0 bridgehead atoms. The smallest absolute Gasteiger partial charge is 0.323 e. The molecule has 17 heavy (non-hydrogen) atoms. The summed E-state index contributed by atoms with van der Waals surface area (Å²) in [6.07, 6.45) is 6.29. The average molecular weight is 237 g/mol. The van der Waals surface area contributed by atoms with E-state index >= 15 is 0 Å². The molecule has 90 valence electrons. The number of carbonyl (C=O) groups is 1. The van der Waals surface area contributed by atoms with Gasteiger partial charge in [0.15, 0.2) is 5.82 Å². The van der Waals surface area contributed by atoms with Crippen molar-refractivity contribution in [2.75, 3.05) is 25.1 Å². The lowest BCUT2D eigenvalue weighted by atomic mass is 10.4. The first-order valence-electron chi connectivity index (χ1n) is 4.62. The molecule has 0 spiro atoms. The number of aromatic nitrogens is 2. The quantitative estimate of drug-likeness (QED) is 0.658. The largest absolute Gasteiger partial charge is 0.489 e. The fraction of sp³-hybridized carbons (Fsp3) is 0.300. The Labute approximate surface area is 97.1 Å². The Morgan fingerprint density at radius 1 is 1.76 bits per heavy atom. The molecule has 0 unspecified atom stereocenters. The third-order valence-corrected chi connectivity index (χ3v) is 1.90. The van der Waals surface area contributed by atoms with Crippen LogP contribution < -0.4 is 15.2 Å². The Morgan fingerprint density at radius 2 is 2.47 bits per heavy atom. The van der Waals surface area contributed by atoms with Crippen LogP contribution in [-0.2, 0) is 4.79 Å². The van der Waals surface area contributed by atoms with Crippen LogP contribution in [0.1, 0.15) is 0 Å². The average Bonchev–Trinajstić information content (AvgIpc) is 2.27. The molecule has 0 aromatic carbocycles. The van der Waals surface area contributed by atoms with Gasteiger partial charge in [0.05, 0.1) is 20.0 Å².